The molecule has 0 radical (unpaired) electrons. The van der Waals surface area contributed by atoms with E-state index < -0.39 is 0 Å². The van der Waals surface area contributed by atoms with E-state index in [0.717, 1.165) is 0 Å². The Morgan fingerprint density at radius 1 is 1.00 bits per heavy atom. The first-order valence-corrected chi connectivity index (χ1v) is 6.74. The number of benzene rings is 2. The number of hydrogen-bond acceptors (Lipinski definition) is 2. The van der Waals surface area contributed by atoms with Crippen LogP contribution in [0.5, 0.6) is 0 Å². The minimum absolute atomic E-state index is 0.232. The number of hydrogen-bond donors (Lipinski definition) is 1. The van der Waals surface area contributed by atoms with Crippen molar-refractivity contribution in [3.05, 3.63) is 81.6 Å². The summed E-state index contributed by atoms with van der Waals surface area (Å²) in [5.41, 5.74) is 1.75. The molecule has 0 unspecified atom stereocenters. The lowest BCUT2D eigenvalue weighted by molar-refractivity contribution is 0.628. The summed E-state index contributed by atoms with van der Waals surface area (Å²) in [6, 6.07) is 16.5. The number of nitrogens with one attached hydrogen (secondary N) is 1. The predicted molar refractivity (Wildman–Crippen MR) is 82.6 cm³/mol. The molecule has 3 aromatic rings. The van der Waals surface area contributed by atoms with Crippen LogP contribution < -0.4 is 5.56 Å². The number of para-hydroxylation sites is 1. The lowest BCUT2D eigenvalue weighted by atomic mass is 10.1. The van der Waals surface area contributed by atoms with Crippen LogP contribution in [0.1, 0.15) is 0 Å². The normalized spacial score (nSPS) is 10.5. The lowest BCUT2D eigenvalue weighted by Gasteiger charge is -2.08. The SMILES string of the molecule is O=c1cc(-c2ccc(F)cc2)[nH]c(=S)n1-c1ccccc1. The molecule has 0 spiro atoms. The van der Waals surface area contributed by atoms with E-state index in [0.29, 0.717) is 21.7 Å². The van der Waals surface area contributed by atoms with Gasteiger partial charge in [-0.1, -0.05) is 18.2 Å². The average molecular weight is 298 g/mol. The maximum Gasteiger partial charge on any atom is 0.259 e. The zero-order valence-corrected chi connectivity index (χ0v) is 11.7. The summed E-state index contributed by atoms with van der Waals surface area (Å²) in [5, 5.41) is 0. The van der Waals surface area contributed by atoms with Crippen molar-refractivity contribution in [3.8, 4) is 16.9 Å². The molecular formula is C16H11FN2OS. The van der Waals surface area contributed by atoms with Crippen LogP contribution in [0.25, 0.3) is 16.9 Å². The molecule has 1 heterocycles. The van der Waals surface area contributed by atoms with Crippen molar-refractivity contribution in [2.24, 2.45) is 0 Å². The number of rotatable bonds is 2. The number of nitrogens with zero attached hydrogens (tertiary/aromatic N) is 1. The topological polar surface area (TPSA) is 37.8 Å². The van der Waals surface area contributed by atoms with E-state index >= 15 is 0 Å². The molecule has 0 atom stereocenters. The monoisotopic (exact) mass is 298 g/mol. The second-order valence-corrected chi connectivity index (χ2v) is 4.89. The zero-order valence-electron chi connectivity index (χ0n) is 10.9. The van der Waals surface area contributed by atoms with Gasteiger partial charge in [-0.15, -0.1) is 0 Å². The van der Waals surface area contributed by atoms with Gasteiger partial charge in [0.2, 0.25) is 0 Å². The summed E-state index contributed by atoms with van der Waals surface area (Å²) in [5.74, 6) is -0.324. The molecule has 3 rings (SSSR count). The Morgan fingerprint density at radius 2 is 1.67 bits per heavy atom. The summed E-state index contributed by atoms with van der Waals surface area (Å²) in [6.45, 7) is 0. The molecule has 0 aliphatic carbocycles. The van der Waals surface area contributed by atoms with E-state index in [4.69, 9.17) is 12.2 Å². The Labute approximate surface area is 125 Å². The third-order valence-corrected chi connectivity index (χ3v) is 3.39. The lowest BCUT2D eigenvalue weighted by Crippen LogP contribution is -2.19. The van der Waals surface area contributed by atoms with E-state index in [1.54, 1.807) is 12.1 Å². The van der Waals surface area contributed by atoms with Gasteiger partial charge < -0.3 is 4.98 Å². The Kier molecular flexibility index (Phi) is 3.50. The first-order chi connectivity index (χ1) is 10.1. The van der Waals surface area contributed by atoms with Crippen LogP contribution in [0.3, 0.4) is 0 Å². The van der Waals surface area contributed by atoms with Gasteiger partial charge in [0, 0.05) is 6.07 Å². The van der Waals surface area contributed by atoms with Crippen LogP contribution in [-0.4, -0.2) is 9.55 Å². The first kappa shape index (κ1) is 13.5. The van der Waals surface area contributed by atoms with Gasteiger partial charge in [0.05, 0.1) is 11.4 Å². The second kappa shape index (κ2) is 5.46. The quantitative estimate of drug-likeness (QED) is 0.733. The Balaban J connectivity index is 2.15. The van der Waals surface area contributed by atoms with E-state index in [-0.39, 0.29) is 11.4 Å². The summed E-state index contributed by atoms with van der Waals surface area (Å²) in [6.07, 6.45) is 0. The fourth-order valence-corrected chi connectivity index (χ4v) is 2.41. The molecule has 0 saturated carbocycles. The Morgan fingerprint density at radius 3 is 2.29 bits per heavy atom. The Hall–Kier alpha value is -2.53. The maximum atomic E-state index is 12.9. The fraction of sp³-hybridized carbons (Fsp3) is 0. The molecule has 0 bridgehead atoms. The fourth-order valence-electron chi connectivity index (χ4n) is 2.10. The van der Waals surface area contributed by atoms with E-state index in [1.165, 1.54) is 22.8 Å². The first-order valence-electron chi connectivity index (χ1n) is 6.33. The predicted octanol–water partition coefficient (Wildman–Crippen LogP) is 3.70. The highest BCUT2D eigenvalue weighted by Gasteiger charge is 2.06. The molecule has 0 aliphatic heterocycles. The van der Waals surface area contributed by atoms with Crippen molar-refractivity contribution in [3.63, 3.8) is 0 Å². The van der Waals surface area contributed by atoms with E-state index in [2.05, 4.69) is 4.98 Å². The number of aromatic amines is 1. The van der Waals surface area contributed by atoms with Gasteiger partial charge >= 0.3 is 0 Å². The highest BCUT2D eigenvalue weighted by molar-refractivity contribution is 7.71. The van der Waals surface area contributed by atoms with Crippen molar-refractivity contribution >= 4 is 12.2 Å². The molecule has 1 aromatic heterocycles. The number of aromatic nitrogens is 2. The van der Waals surface area contributed by atoms with Crippen molar-refractivity contribution in [2.75, 3.05) is 0 Å². The molecule has 3 nitrogen and oxygen atoms in total. The van der Waals surface area contributed by atoms with E-state index in [9.17, 15) is 9.18 Å². The van der Waals surface area contributed by atoms with Crippen LogP contribution in [0.15, 0.2) is 65.5 Å². The van der Waals surface area contributed by atoms with Crippen LogP contribution in [0.2, 0.25) is 0 Å². The zero-order chi connectivity index (χ0) is 14.8. The molecule has 0 amide bonds. The van der Waals surface area contributed by atoms with Crippen molar-refractivity contribution in [1.29, 1.82) is 0 Å². The molecule has 5 heteroatoms. The van der Waals surface area contributed by atoms with Gasteiger partial charge in [-0.05, 0) is 54.2 Å². The third-order valence-electron chi connectivity index (χ3n) is 3.10. The number of H-pyrrole nitrogens is 1. The van der Waals surface area contributed by atoms with Crippen molar-refractivity contribution in [2.45, 2.75) is 0 Å². The second-order valence-electron chi connectivity index (χ2n) is 4.50. The molecule has 0 fully saturated rings. The van der Waals surface area contributed by atoms with E-state index in [1.807, 2.05) is 30.3 Å². The van der Waals surface area contributed by atoms with Gasteiger partial charge in [0.25, 0.3) is 5.56 Å². The third kappa shape index (κ3) is 2.68. The highest BCUT2D eigenvalue weighted by Crippen LogP contribution is 2.16. The minimum Gasteiger partial charge on any atom is -0.331 e. The molecule has 21 heavy (non-hydrogen) atoms. The molecule has 0 saturated heterocycles. The smallest absolute Gasteiger partial charge is 0.259 e. The van der Waals surface area contributed by atoms with Crippen molar-refractivity contribution in [1.82, 2.24) is 9.55 Å². The highest BCUT2D eigenvalue weighted by atomic mass is 32.1. The summed E-state index contributed by atoms with van der Waals surface area (Å²) >= 11 is 5.27. The van der Waals surface area contributed by atoms with Gasteiger partial charge in [0.1, 0.15) is 5.82 Å². The summed E-state index contributed by atoms with van der Waals surface area (Å²) in [7, 11) is 0. The van der Waals surface area contributed by atoms with Crippen LogP contribution in [0.4, 0.5) is 4.39 Å². The largest absolute Gasteiger partial charge is 0.331 e. The van der Waals surface area contributed by atoms with Gasteiger partial charge in [0.15, 0.2) is 4.77 Å². The maximum absolute atomic E-state index is 12.9. The molecule has 104 valence electrons. The molecular weight excluding hydrogens is 287 g/mol. The van der Waals surface area contributed by atoms with Gasteiger partial charge in [-0.2, -0.15) is 0 Å². The summed E-state index contributed by atoms with van der Waals surface area (Å²) in [4.78, 5) is 15.3. The standard InChI is InChI=1S/C16H11FN2OS/c17-12-8-6-11(7-9-12)14-10-15(20)19(16(21)18-14)13-4-2-1-3-5-13/h1-10H,(H,18,21). The minimum atomic E-state index is -0.324. The number of halogens is 1. The van der Waals surface area contributed by atoms with Gasteiger partial charge in [-0.25, -0.2) is 4.39 Å². The van der Waals surface area contributed by atoms with Crippen molar-refractivity contribution < 1.29 is 4.39 Å². The average Bonchev–Trinajstić information content (AvgIpc) is 2.48. The van der Waals surface area contributed by atoms with Gasteiger partial charge in [-0.3, -0.25) is 9.36 Å². The molecule has 1 N–H and O–H groups in total. The molecule has 2 aromatic carbocycles. The molecule has 0 aliphatic rings. The summed E-state index contributed by atoms with van der Waals surface area (Å²) < 4.78 is 14.7. The Bertz CT molecular complexity index is 851. The van der Waals surface area contributed by atoms with Crippen LogP contribution in [0, 0.1) is 10.6 Å². The van der Waals surface area contributed by atoms with Crippen LogP contribution >= 0.6 is 12.2 Å². The van der Waals surface area contributed by atoms with Crippen LogP contribution in [-0.2, 0) is 0 Å².